The van der Waals surface area contributed by atoms with Gasteiger partial charge in [-0.15, -0.1) is 0 Å². The highest BCUT2D eigenvalue weighted by Gasteiger charge is 2.24. The van der Waals surface area contributed by atoms with E-state index in [1.807, 2.05) is 24.3 Å². The van der Waals surface area contributed by atoms with Crippen LogP contribution in [0.4, 0.5) is 5.69 Å². The van der Waals surface area contributed by atoms with Crippen molar-refractivity contribution in [3.05, 3.63) is 106 Å². The summed E-state index contributed by atoms with van der Waals surface area (Å²) in [5, 5.41) is 5.55. The van der Waals surface area contributed by atoms with Crippen molar-refractivity contribution in [2.45, 2.75) is 4.90 Å². The SMILES string of the molecule is O=C1NC(=Nc2ccc(Cl)cc2)S/C1=C\c1ccc(OS(=O)(=O)c2ccc3ccccc3c2)cc1. The molecule has 1 heterocycles. The Labute approximate surface area is 211 Å². The maximum absolute atomic E-state index is 12.7. The Kier molecular flexibility index (Phi) is 6.34. The van der Waals surface area contributed by atoms with Crippen LogP contribution in [0.3, 0.4) is 0 Å². The minimum absolute atomic E-state index is 0.0777. The number of thioether (sulfide) groups is 1. The monoisotopic (exact) mass is 520 g/mol. The summed E-state index contributed by atoms with van der Waals surface area (Å²) in [4.78, 5) is 17.3. The lowest BCUT2D eigenvalue weighted by molar-refractivity contribution is -0.115. The molecule has 9 heteroatoms. The number of nitrogens with one attached hydrogen (secondary N) is 1. The number of benzene rings is 4. The number of carbonyl (C=O) groups excluding carboxylic acids is 1. The topological polar surface area (TPSA) is 84.8 Å². The largest absolute Gasteiger partial charge is 0.379 e. The third-order valence-electron chi connectivity index (χ3n) is 5.10. The second-order valence-electron chi connectivity index (χ2n) is 7.57. The van der Waals surface area contributed by atoms with Gasteiger partial charge in [0.25, 0.3) is 5.91 Å². The van der Waals surface area contributed by atoms with E-state index in [2.05, 4.69) is 10.3 Å². The van der Waals surface area contributed by atoms with Gasteiger partial charge in [-0.1, -0.05) is 54.1 Å². The fourth-order valence-corrected chi connectivity index (χ4v) is 5.32. The number of aliphatic imine (C=N–C) groups is 1. The van der Waals surface area contributed by atoms with E-state index in [0.29, 0.717) is 26.3 Å². The van der Waals surface area contributed by atoms with Crippen LogP contribution in [0.1, 0.15) is 5.56 Å². The Morgan fingerprint density at radius 2 is 1.60 bits per heavy atom. The minimum atomic E-state index is -4.00. The van der Waals surface area contributed by atoms with Crippen LogP contribution in [0.2, 0.25) is 5.02 Å². The first-order valence-corrected chi connectivity index (χ1v) is 13.0. The second-order valence-corrected chi connectivity index (χ2v) is 10.6. The molecule has 0 radical (unpaired) electrons. The van der Waals surface area contributed by atoms with Crippen molar-refractivity contribution < 1.29 is 17.4 Å². The average molecular weight is 521 g/mol. The van der Waals surface area contributed by atoms with Crippen LogP contribution >= 0.6 is 23.4 Å². The van der Waals surface area contributed by atoms with Crippen LogP contribution in [-0.2, 0) is 14.9 Å². The number of rotatable bonds is 5. The maximum atomic E-state index is 12.7. The fourth-order valence-electron chi connectivity index (χ4n) is 3.38. The predicted octanol–water partition coefficient (Wildman–Crippen LogP) is 6.15. The van der Waals surface area contributed by atoms with Crippen molar-refractivity contribution in [3.63, 3.8) is 0 Å². The zero-order valence-electron chi connectivity index (χ0n) is 18.0. The molecule has 6 nitrogen and oxygen atoms in total. The standard InChI is InChI=1S/C26H17ClN2O4S2/c27-20-8-10-21(11-9-20)28-26-29-25(30)24(34-26)15-17-5-12-22(13-6-17)33-35(31,32)23-14-7-18-3-1-2-4-19(18)16-23/h1-16H,(H,28,29,30)/b24-15-. The Morgan fingerprint density at radius 1 is 0.886 bits per heavy atom. The van der Waals surface area contributed by atoms with E-state index in [4.69, 9.17) is 15.8 Å². The van der Waals surface area contributed by atoms with Gasteiger partial charge in [-0.25, -0.2) is 4.99 Å². The number of hydrogen-bond donors (Lipinski definition) is 1. The molecule has 0 unspecified atom stereocenters. The molecule has 1 aliphatic heterocycles. The van der Waals surface area contributed by atoms with Gasteiger partial charge in [0.15, 0.2) is 5.17 Å². The average Bonchev–Trinajstić information content (AvgIpc) is 3.19. The summed E-state index contributed by atoms with van der Waals surface area (Å²) >= 11 is 7.10. The van der Waals surface area contributed by atoms with E-state index in [1.165, 1.54) is 17.8 Å². The summed E-state index contributed by atoms with van der Waals surface area (Å²) in [6.45, 7) is 0. The number of carbonyl (C=O) groups is 1. The number of hydrogen-bond acceptors (Lipinski definition) is 6. The molecule has 0 spiro atoms. The summed E-state index contributed by atoms with van der Waals surface area (Å²) in [7, 11) is -4.00. The fraction of sp³-hybridized carbons (Fsp3) is 0. The van der Waals surface area contributed by atoms with Crippen molar-refractivity contribution in [2.75, 3.05) is 0 Å². The van der Waals surface area contributed by atoms with E-state index in [9.17, 15) is 13.2 Å². The van der Waals surface area contributed by atoms with Crippen molar-refractivity contribution in [3.8, 4) is 5.75 Å². The predicted molar refractivity (Wildman–Crippen MR) is 140 cm³/mol. The molecule has 1 amide bonds. The van der Waals surface area contributed by atoms with E-state index in [-0.39, 0.29) is 16.6 Å². The van der Waals surface area contributed by atoms with Crippen LogP contribution in [0.25, 0.3) is 16.8 Å². The highest BCUT2D eigenvalue weighted by molar-refractivity contribution is 8.18. The molecule has 4 aromatic carbocycles. The van der Waals surface area contributed by atoms with Gasteiger partial charge in [0.05, 0.1) is 10.6 Å². The van der Waals surface area contributed by atoms with Gasteiger partial charge in [-0.05, 0) is 82.7 Å². The molecule has 4 aromatic rings. The highest BCUT2D eigenvalue weighted by Crippen LogP contribution is 2.29. The van der Waals surface area contributed by atoms with Gasteiger partial charge in [-0.3, -0.25) is 4.79 Å². The number of amides is 1. The first kappa shape index (κ1) is 23.2. The molecule has 174 valence electrons. The smallest absolute Gasteiger partial charge is 0.339 e. The van der Waals surface area contributed by atoms with Gasteiger partial charge in [0.2, 0.25) is 0 Å². The quantitative estimate of drug-likeness (QED) is 0.252. The van der Waals surface area contributed by atoms with Gasteiger partial charge >= 0.3 is 10.1 Å². The molecule has 1 aliphatic rings. The molecule has 0 saturated carbocycles. The minimum Gasteiger partial charge on any atom is -0.379 e. The summed E-state index contributed by atoms with van der Waals surface area (Å²) in [6.07, 6.45) is 1.70. The van der Waals surface area contributed by atoms with Crippen molar-refractivity contribution in [1.29, 1.82) is 0 Å². The molecule has 0 aromatic heterocycles. The van der Waals surface area contributed by atoms with E-state index in [1.54, 1.807) is 66.7 Å². The summed E-state index contributed by atoms with van der Waals surface area (Å²) in [5.74, 6) is -0.0873. The molecule has 5 rings (SSSR count). The molecule has 0 atom stereocenters. The molecule has 0 aliphatic carbocycles. The normalized spacial score (nSPS) is 16.1. The van der Waals surface area contributed by atoms with E-state index < -0.39 is 10.1 Å². The summed E-state index contributed by atoms with van der Waals surface area (Å²) < 4.78 is 30.8. The third-order valence-corrected chi connectivity index (χ3v) is 7.51. The second kappa shape index (κ2) is 9.58. The van der Waals surface area contributed by atoms with Crippen LogP contribution in [0.5, 0.6) is 5.75 Å². The first-order chi connectivity index (χ1) is 16.9. The Bertz CT molecular complexity index is 1600. The van der Waals surface area contributed by atoms with Gasteiger partial charge in [-0.2, -0.15) is 8.42 Å². The Morgan fingerprint density at radius 3 is 2.34 bits per heavy atom. The van der Waals surface area contributed by atoms with E-state index in [0.717, 1.165) is 10.8 Å². The number of nitrogens with zero attached hydrogens (tertiary/aromatic N) is 1. The molecular weight excluding hydrogens is 504 g/mol. The van der Waals surface area contributed by atoms with Crippen molar-refractivity contribution >= 4 is 67.1 Å². The third kappa shape index (κ3) is 5.40. The first-order valence-electron chi connectivity index (χ1n) is 10.4. The van der Waals surface area contributed by atoms with Crippen LogP contribution in [-0.4, -0.2) is 19.5 Å². The van der Waals surface area contributed by atoms with Crippen LogP contribution < -0.4 is 9.50 Å². The van der Waals surface area contributed by atoms with E-state index >= 15 is 0 Å². The molecule has 35 heavy (non-hydrogen) atoms. The zero-order valence-corrected chi connectivity index (χ0v) is 20.4. The Balaban J connectivity index is 1.30. The summed E-state index contributed by atoms with van der Waals surface area (Å²) in [6, 6.07) is 25.8. The molecule has 0 bridgehead atoms. The highest BCUT2D eigenvalue weighted by atomic mass is 35.5. The zero-order chi connectivity index (χ0) is 24.4. The summed E-state index contributed by atoms with van der Waals surface area (Å²) in [5.41, 5.74) is 1.39. The lowest BCUT2D eigenvalue weighted by Crippen LogP contribution is -2.19. The maximum Gasteiger partial charge on any atom is 0.339 e. The lowest BCUT2D eigenvalue weighted by atomic mass is 10.1. The lowest BCUT2D eigenvalue weighted by Gasteiger charge is -2.08. The van der Waals surface area contributed by atoms with Gasteiger partial charge in [0.1, 0.15) is 10.6 Å². The molecule has 1 fully saturated rings. The molecule has 1 N–H and O–H groups in total. The van der Waals surface area contributed by atoms with Crippen molar-refractivity contribution in [1.82, 2.24) is 5.32 Å². The number of halogens is 1. The molecular formula is C26H17ClN2O4S2. The number of fused-ring (bicyclic) bond motifs is 1. The molecule has 1 saturated heterocycles. The Hall–Kier alpha value is -3.59. The van der Waals surface area contributed by atoms with Gasteiger partial charge in [0, 0.05) is 5.02 Å². The number of amidine groups is 1. The van der Waals surface area contributed by atoms with Crippen molar-refractivity contribution in [2.24, 2.45) is 4.99 Å². The van der Waals surface area contributed by atoms with Gasteiger partial charge < -0.3 is 9.50 Å². The van der Waals surface area contributed by atoms with Crippen LogP contribution in [0.15, 0.2) is 106 Å². The van der Waals surface area contributed by atoms with Crippen LogP contribution in [0, 0.1) is 0 Å².